The fourth-order valence-corrected chi connectivity index (χ4v) is 2.54. The normalized spacial score (nSPS) is 26.5. The molecular weight excluding hydrogens is 204 g/mol. The van der Waals surface area contributed by atoms with Crippen LogP contribution in [0.5, 0.6) is 0 Å². The topological polar surface area (TPSA) is 40.6 Å². The molecule has 0 spiro atoms. The van der Waals surface area contributed by atoms with E-state index in [1.54, 1.807) is 11.8 Å². The smallest absolute Gasteiger partial charge is 0.229 e. The second kappa shape index (κ2) is 4.44. The van der Waals surface area contributed by atoms with E-state index in [4.69, 9.17) is 0 Å². The lowest BCUT2D eigenvalue weighted by atomic mass is 9.94. The third-order valence-corrected chi connectivity index (χ3v) is 3.64. The largest absolute Gasteiger partial charge is 0.342 e. The van der Waals surface area contributed by atoms with Crippen molar-refractivity contribution in [2.24, 2.45) is 11.8 Å². The lowest BCUT2D eigenvalue weighted by Gasteiger charge is -2.41. The van der Waals surface area contributed by atoms with Gasteiger partial charge in [-0.1, -0.05) is 6.92 Å². The third-order valence-electron chi connectivity index (χ3n) is 3.64. The lowest BCUT2D eigenvalue weighted by molar-refractivity contribution is -0.148. The second-order valence-electron chi connectivity index (χ2n) is 5.15. The van der Waals surface area contributed by atoms with Gasteiger partial charge in [-0.2, -0.15) is 0 Å². The summed E-state index contributed by atoms with van der Waals surface area (Å²) in [6.07, 6.45) is 2.35. The summed E-state index contributed by atoms with van der Waals surface area (Å²) < 4.78 is 0. The zero-order valence-corrected chi connectivity index (χ0v) is 10.1. The molecule has 2 aliphatic rings. The van der Waals surface area contributed by atoms with Crippen molar-refractivity contribution in [2.45, 2.75) is 26.7 Å². The first-order valence-corrected chi connectivity index (χ1v) is 6.12. The van der Waals surface area contributed by atoms with Crippen molar-refractivity contribution in [1.29, 1.82) is 0 Å². The van der Waals surface area contributed by atoms with E-state index in [0.29, 0.717) is 19.0 Å². The van der Waals surface area contributed by atoms with Crippen LogP contribution >= 0.6 is 0 Å². The van der Waals surface area contributed by atoms with Crippen LogP contribution in [-0.4, -0.2) is 47.8 Å². The Hall–Kier alpha value is -1.06. The summed E-state index contributed by atoms with van der Waals surface area (Å²) >= 11 is 0. The maximum atomic E-state index is 12.1. The van der Waals surface area contributed by atoms with Crippen molar-refractivity contribution in [3.8, 4) is 0 Å². The highest BCUT2D eigenvalue weighted by Gasteiger charge is 2.37. The molecule has 2 rings (SSSR count). The van der Waals surface area contributed by atoms with Gasteiger partial charge in [0.05, 0.1) is 5.92 Å². The number of nitrogens with zero attached hydrogens (tertiary/aromatic N) is 2. The van der Waals surface area contributed by atoms with E-state index < -0.39 is 0 Å². The monoisotopic (exact) mass is 224 g/mol. The summed E-state index contributed by atoms with van der Waals surface area (Å²) in [5.74, 6) is 1.02. The Morgan fingerprint density at radius 2 is 1.81 bits per heavy atom. The minimum atomic E-state index is 0.0641. The number of hydrogen-bond acceptors (Lipinski definition) is 2. The van der Waals surface area contributed by atoms with Crippen molar-refractivity contribution < 1.29 is 9.59 Å². The molecule has 0 aliphatic carbocycles. The minimum Gasteiger partial charge on any atom is -0.342 e. The minimum absolute atomic E-state index is 0.0641. The molecule has 2 fully saturated rings. The molecule has 90 valence electrons. The summed E-state index contributed by atoms with van der Waals surface area (Å²) in [6, 6.07) is 0. The Morgan fingerprint density at radius 3 is 2.38 bits per heavy atom. The molecule has 0 saturated carbocycles. The summed E-state index contributed by atoms with van der Waals surface area (Å²) in [6.45, 7) is 6.80. The first-order valence-electron chi connectivity index (χ1n) is 6.12. The summed E-state index contributed by atoms with van der Waals surface area (Å²) in [7, 11) is 0. The van der Waals surface area contributed by atoms with Crippen molar-refractivity contribution in [3.05, 3.63) is 0 Å². The maximum absolute atomic E-state index is 12.1. The van der Waals surface area contributed by atoms with E-state index in [0.717, 1.165) is 19.5 Å². The van der Waals surface area contributed by atoms with Crippen molar-refractivity contribution in [3.63, 3.8) is 0 Å². The number of piperidine rings is 1. The molecule has 1 unspecified atom stereocenters. The van der Waals surface area contributed by atoms with Crippen LogP contribution in [-0.2, 0) is 9.59 Å². The predicted octanol–water partition coefficient (Wildman–Crippen LogP) is 0.723. The van der Waals surface area contributed by atoms with Gasteiger partial charge in [0.1, 0.15) is 0 Å². The number of carbonyl (C=O) groups is 2. The van der Waals surface area contributed by atoms with Crippen molar-refractivity contribution >= 4 is 11.8 Å². The lowest BCUT2D eigenvalue weighted by Crippen LogP contribution is -2.56. The molecule has 0 aromatic carbocycles. The van der Waals surface area contributed by atoms with Crippen LogP contribution in [0.25, 0.3) is 0 Å². The average molecular weight is 224 g/mol. The van der Waals surface area contributed by atoms with E-state index in [1.165, 1.54) is 6.42 Å². The molecule has 2 saturated heterocycles. The molecular formula is C12H20N2O2. The van der Waals surface area contributed by atoms with Gasteiger partial charge in [-0.3, -0.25) is 9.59 Å². The Balaban J connectivity index is 1.82. The zero-order valence-electron chi connectivity index (χ0n) is 10.1. The Bertz CT molecular complexity index is 297. The Morgan fingerprint density at radius 1 is 1.12 bits per heavy atom. The molecule has 2 amide bonds. The van der Waals surface area contributed by atoms with Gasteiger partial charge in [0.15, 0.2) is 0 Å². The van der Waals surface area contributed by atoms with Gasteiger partial charge >= 0.3 is 0 Å². The fraction of sp³-hybridized carbons (Fsp3) is 0.833. The van der Waals surface area contributed by atoms with Gasteiger partial charge in [0.25, 0.3) is 0 Å². The number of hydrogen-bond donors (Lipinski definition) is 0. The Labute approximate surface area is 96.6 Å². The fourth-order valence-electron chi connectivity index (χ4n) is 2.54. The molecule has 0 N–H and O–H groups in total. The number of likely N-dealkylation sites (tertiary alicyclic amines) is 2. The average Bonchev–Trinajstić information content (AvgIpc) is 2.14. The molecule has 4 heteroatoms. The van der Waals surface area contributed by atoms with Gasteiger partial charge < -0.3 is 9.80 Å². The van der Waals surface area contributed by atoms with Crippen LogP contribution < -0.4 is 0 Å². The number of carbonyl (C=O) groups excluding carboxylic acids is 2. The van der Waals surface area contributed by atoms with E-state index in [1.807, 2.05) is 4.90 Å². The molecule has 0 bridgehead atoms. The van der Waals surface area contributed by atoms with Gasteiger partial charge in [-0.15, -0.1) is 0 Å². The Kier molecular flexibility index (Phi) is 3.17. The highest BCUT2D eigenvalue weighted by Crippen LogP contribution is 2.22. The number of amides is 2. The van der Waals surface area contributed by atoms with E-state index in [-0.39, 0.29) is 17.7 Å². The highest BCUT2D eigenvalue weighted by atomic mass is 16.2. The molecule has 0 radical (unpaired) electrons. The predicted molar refractivity (Wildman–Crippen MR) is 60.7 cm³/mol. The molecule has 0 aromatic heterocycles. The molecule has 1 atom stereocenters. The van der Waals surface area contributed by atoms with Crippen molar-refractivity contribution in [1.82, 2.24) is 9.80 Å². The van der Waals surface area contributed by atoms with Crippen LogP contribution in [0.4, 0.5) is 0 Å². The van der Waals surface area contributed by atoms with Crippen molar-refractivity contribution in [2.75, 3.05) is 26.2 Å². The van der Waals surface area contributed by atoms with Crippen LogP contribution in [0.3, 0.4) is 0 Å². The standard InChI is InChI=1S/C12H20N2O2/c1-9-4-3-5-13(6-9)12(16)11-7-14(8-11)10(2)15/h9,11H,3-8H2,1-2H3. The zero-order chi connectivity index (χ0) is 11.7. The first-order chi connectivity index (χ1) is 7.58. The van der Waals surface area contributed by atoms with Crippen LogP contribution in [0.1, 0.15) is 26.7 Å². The van der Waals surface area contributed by atoms with Gasteiger partial charge in [-0.05, 0) is 18.8 Å². The van der Waals surface area contributed by atoms with E-state index in [9.17, 15) is 9.59 Å². The molecule has 0 aromatic rings. The SMILES string of the molecule is CC(=O)N1CC(C(=O)N2CCCC(C)C2)C1. The number of rotatable bonds is 1. The van der Waals surface area contributed by atoms with Gasteiger partial charge in [0, 0.05) is 33.1 Å². The third kappa shape index (κ3) is 2.20. The molecule has 16 heavy (non-hydrogen) atoms. The van der Waals surface area contributed by atoms with Gasteiger partial charge in [0.2, 0.25) is 11.8 Å². The molecule has 2 aliphatic heterocycles. The quantitative estimate of drug-likeness (QED) is 0.658. The second-order valence-corrected chi connectivity index (χ2v) is 5.15. The summed E-state index contributed by atoms with van der Waals surface area (Å²) in [4.78, 5) is 26.8. The van der Waals surface area contributed by atoms with E-state index >= 15 is 0 Å². The van der Waals surface area contributed by atoms with E-state index in [2.05, 4.69) is 6.92 Å². The molecule has 4 nitrogen and oxygen atoms in total. The highest BCUT2D eigenvalue weighted by molar-refractivity contribution is 5.83. The van der Waals surface area contributed by atoms with Crippen LogP contribution in [0.15, 0.2) is 0 Å². The van der Waals surface area contributed by atoms with Crippen LogP contribution in [0, 0.1) is 11.8 Å². The first kappa shape index (κ1) is 11.4. The van der Waals surface area contributed by atoms with Crippen LogP contribution in [0.2, 0.25) is 0 Å². The summed E-state index contributed by atoms with van der Waals surface area (Å²) in [5.41, 5.74) is 0. The van der Waals surface area contributed by atoms with Gasteiger partial charge in [-0.25, -0.2) is 0 Å². The molecule has 2 heterocycles. The maximum Gasteiger partial charge on any atom is 0.229 e. The summed E-state index contributed by atoms with van der Waals surface area (Å²) in [5, 5.41) is 0.